The molecule has 1 aliphatic carbocycles. The Balaban J connectivity index is 1.93. The van der Waals surface area contributed by atoms with Gasteiger partial charge in [0, 0.05) is 6.54 Å². The summed E-state index contributed by atoms with van der Waals surface area (Å²) in [6, 6.07) is -0.518. The maximum Gasteiger partial charge on any atom is 0.411 e. The highest BCUT2D eigenvalue weighted by Crippen LogP contribution is 2.57. The molecule has 0 bridgehead atoms. The molecule has 3 atom stereocenters. The Bertz CT molecular complexity index is 561. The quantitative estimate of drug-likeness (QED) is 0.630. The Morgan fingerprint density at radius 1 is 1.15 bits per heavy atom. The Labute approximate surface area is 165 Å². The lowest BCUT2D eigenvalue weighted by molar-refractivity contribution is -0.154. The van der Waals surface area contributed by atoms with Crippen molar-refractivity contribution in [2.24, 2.45) is 16.7 Å². The van der Waals surface area contributed by atoms with Crippen molar-refractivity contribution < 1.29 is 19.1 Å². The molecule has 0 N–H and O–H groups in total. The molecule has 0 aromatic heterocycles. The van der Waals surface area contributed by atoms with Crippen molar-refractivity contribution in [3.05, 3.63) is 0 Å². The molecule has 2 aliphatic rings. The van der Waals surface area contributed by atoms with Crippen LogP contribution in [-0.4, -0.2) is 41.3 Å². The summed E-state index contributed by atoms with van der Waals surface area (Å²) >= 11 is 0. The Kier molecular flexibility index (Phi) is 6.23. The minimum absolute atomic E-state index is 0.142. The van der Waals surface area contributed by atoms with Crippen LogP contribution in [0, 0.1) is 16.7 Å². The van der Waals surface area contributed by atoms with Crippen molar-refractivity contribution in [2.75, 3.05) is 6.54 Å². The van der Waals surface area contributed by atoms with Crippen molar-refractivity contribution in [1.82, 2.24) is 4.90 Å². The maximum atomic E-state index is 12.7. The minimum Gasteiger partial charge on any atom is -0.461 e. The van der Waals surface area contributed by atoms with Gasteiger partial charge in [0.25, 0.3) is 0 Å². The molecule has 1 aliphatic heterocycles. The summed E-state index contributed by atoms with van der Waals surface area (Å²) in [7, 11) is 0. The Hall–Kier alpha value is -1.26. The van der Waals surface area contributed by atoms with E-state index < -0.39 is 17.7 Å². The van der Waals surface area contributed by atoms with Crippen molar-refractivity contribution in [3.8, 4) is 0 Å². The summed E-state index contributed by atoms with van der Waals surface area (Å²) < 4.78 is 11.2. The topological polar surface area (TPSA) is 55.8 Å². The van der Waals surface area contributed by atoms with E-state index in [2.05, 4.69) is 27.7 Å². The van der Waals surface area contributed by atoms with Gasteiger partial charge >= 0.3 is 12.1 Å². The number of amides is 1. The molecule has 0 aromatic rings. The number of likely N-dealkylation sites (tertiary alicyclic amines) is 1. The minimum atomic E-state index is -0.567. The molecule has 3 unspecified atom stereocenters. The van der Waals surface area contributed by atoms with Crippen molar-refractivity contribution >= 4 is 12.1 Å². The van der Waals surface area contributed by atoms with Gasteiger partial charge in [0.1, 0.15) is 11.6 Å². The van der Waals surface area contributed by atoms with Crippen LogP contribution in [0.4, 0.5) is 4.79 Å². The molecule has 1 saturated carbocycles. The Morgan fingerprint density at radius 2 is 1.78 bits per heavy atom. The van der Waals surface area contributed by atoms with Crippen LogP contribution < -0.4 is 0 Å². The third-order valence-electron chi connectivity index (χ3n) is 6.97. The van der Waals surface area contributed by atoms with Gasteiger partial charge in [-0.3, -0.25) is 4.90 Å². The van der Waals surface area contributed by atoms with E-state index in [-0.39, 0.29) is 17.5 Å². The maximum absolute atomic E-state index is 12.7. The second kappa shape index (κ2) is 7.63. The molecular weight excluding hydrogens is 342 g/mol. The van der Waals surface area contributed by atoms with E-state index in [1.165, 1.54) is 17.7 Å². The smallest absolute Gasteiger partial charge is 0.411 e. The molecule has 1 heterocycles. The normalized spacial score (nSPS) is 28.1. The highest BCUT2D eigenvalue weighted by Gasteiger charge is 2.48. The van der Waals surface area contributed by atoms with E-state index in [4.69, 9.17) is 9.47 Å². The van der Waals surface area contributed by atoms with Gasteiger partial charge in [-0.05, 0) is 76.5 Å². The van der Waals surface area contributed by atoms with Crippen molar-refractivity contribution in [1.29, 1.82) is 0 Å². The number of esters is 1. The Morgan fingerprint density at radius 3 is 2.30 bits per heavy atom. The molecule has 5 heteroatoms. The summed E-state index contributed by atoms with van der Waals surface area (Å²) in [5.74, 6) is 0.252. The average Bonchev–Trinajstić information content (AvgIpc) is 3.05. The molecule has 2 fully saturated rings. The molecule has 27 heavy (non-hydrogen) atoms. The summed E-state index contributed by atoms with van der Waals surface area (Å²) in [4.78, 5) is 26.7. The molecule has 2 rings (SSSR count). The van der Waals surface area contributed by atoms with Crippen LogP contribution in [0.15, 0.2) is 0 Å². The highest BCUT2D eigenvalue weighted by molar-refractivity contribution is 5.82. The average molecular weight is 382 g/mol. The zero-order valence-corrected chi connectivity index (χ0v) is 18.6. The first-order valence-electron chi connectivity index (χ1n) is 10.4. The van der Waals surface area contributed by atoms with E-state index in [1.54, 1.807) is 0 Å². The molecule has 5 nitrogen and oxygen atoms in total. The number of hydrogen-bond donors (Lipinski definition) is 0. The van der Waals surface area contributed by atoms with Crippen LogP contribution in [0.5, 0.6) is 0 Å². The van der Waals surface area contributed by atoms with E-state index >= 15 is 0 Å². The van der Waals surface area contributed by atoms with Crippen LogP contribution in [0.1, 0.15) is 87.5 Å². The van der Waals surface area contributed by atoms with Crippen molar-refractivity contribution in [3.63, 3.8) is 0 Å². The molecular formula is C22H39NO4. The molecule has 0 radical (unpaired) electrons. The fourth-order valence-electron chi connectivity index (χ4n) is 4.46. The zero-order valence-electron chi connectivity index (χ0n) is 18.6. The zero-order chi connectivity index (χ0) is 20.6. The molecule has 156 valence electrons. The van der Waals surface area contributed by atoms with Crippen LogP contribution in [0.3, 0.4) is 0 Å². The second-order valence-corrected chi connectivity index (χ2v) is 10.7. The van der Waals surface area contributed by atoms with Gasteiger partial charge in [-0.15, -0.1) is 0 Å². The van der Waals surface area contributed by atoms with Crippen LogP contribution in [-0.2, 0) is 14.3 Å². The van der Waals surface area contributed by atoms with Gasteiger partial charge < -0.3 is 9.47 Å². The van der Waals surface area contributed by atoms with Gasteiger partial charge in [0.2, 0.25) is 0 Å². The van der Waals surface area contributed by atoms with E-state index in [0.29, 0.717) is 24.3 Å². The molecule has 1 saturated heterocycles. The summed E-state index contributed by atoms with van der Waals surface area (Å²) in [6.07, 6.45) is 4.14. The first kappa shape index (κ1) is 22.0. The fraction of sp³-hybridized carbons (Fsp3) is 0.909. The second-order valence-electron chi connectivity index (χ2n) is 10.7. The summed E-state index contributed by atoms with van der Waals surface area (Å²) in [5.41, 5.74) is -0.0355. The lowest BCUT2D eigenvalue weighted by Gasteiger charge is -2.40. The lowest BCUT2D eigenvalue weighted by atomic mass is 9.66. The number of nitrogens with zero attached hydrogens (tertiary/aromatic N) is 1. The SMILES string of the molecule is CC(CC1CCC(C)(C)C1(C)C)OC(=O)C1CCCN1C(=O)OC(C)(C)C. The predicted octanol–water partition coefficient (Wildman–Crippen LogP) is 5.17. The van der Waals surface area contributed by atoms with Crippen molar-refractivity contribution in [2.45, 2.75) is 105 Å². The largest absolute Gasteiger partial charge is 0.461 e. The first-order chi connectivity index (χ1) is 12.2. The van der Waals surface area contributed by atoms with Gasteiger partial charge in [-0.2, -0.15) is 0 Å². The first-order valence-corrected chi connectivity index (χ1v) is 10.4. The van der Waals surface area contributed by atoms with E-state index in [1.807, 2.05) is 27.7 Å². The third-order valence-corrected chi connectivity index (χ3v) is 6.97. The van der Waals surface area contributed by atoms with E-state index in [0.717, 1.165) is 12.8 Å². The molecule has 0 spiro atoms. The van der Waals surface area contributed by atoms with E-state index in [9.17, 15) is 9.59 Å². The highest BCUT2D eigenvalue weighted by atomic mass is 16.6. The van der Waals surface area contributed by atoms with Crippen LogP contribution in [0.2, 0.25) is 0 Å². The molecule has 1 amide bonds. The lowest BCUT2D eigenvalue weighted by Crippen LogP contribution is -2.44. The van der Waals surface area contributed by atoms with Crippen LogP contribution >= 0.6 is 0 Å². The van der Waals surface area contributed by atoms with Gasteiger partial charge in [-0.1, -0.05) is 27.7 Å². The van der Waals surface area contributed by atoms with Gasteiger partial charge in [-0.25, -0.2) is 9.59 Å². The monoisotopic (exact) mass is 381 g/mol. The summed E-state index contributed by atoms with van der Waals surface area (Å²) in [6.45, 7) is 17.4. The fourth-order valence-corrected chi connectivity index (χ4v) is 4.46. The summed E-state index contributed by atoms with van der Waals surface area (Å²) in [5, 5.41) is 0. The van der Waals surface area contributed by atoms with Crippen LogP contribution in [0.25, 0.3) is 0 Å². The predicted molar refractivity (Wildman–Crippen MR) is 106 cm³/mol. The standard InChI is InChI=1S/C22H39NO4/c1-15(14-16-11-12-21(5,6)22(16,7)8)26-18(24)17-10-9-13-23(17)19(25)27-20(2,3)4/h15-17H,9-14H2,1-8H3. The number of rotatable bonds is 4. The van der Waals surface area contributed by atoms with Gasteiger partial charge in [0.15, 0.2) is 0 Å². The van der Waals surface area contributed by atoms with Gasteiger partial charge in [0.05, 0.1) is 6.10 Å². The number of ether oxygens (including phenoxy) is 2. The molecule has 0 aromatic carbocycles. The number of carbonyl (C=O) groups is 2. The number of hydrogen-bond acceptors (Lipinski definition) is 4. The third kappa shape index (κ3) is 4.97. The number of carbonyl (C=O) groups excluding carboxylic acids is 2.